The van der Waals surface area contributed by atoms with E-state index in [0.29, 0.717) is 0 Å². The van der Waals surface area contributed by atoms with Crippen molar-refractivity contribution in [2.45, 2.75) is 6.92 Å². The molecule has 0 saturated carbocycles. The fourth-order valence-electron chi connectivity index (χ4n) is 0.118. The van der Waals surface area contributed by atoms with Gasteiger partial charge < -0.3 is 4.18 Å². The van der Waals surface area contributed by atoms with Gasteiger partial charge in [-0.1, -0.05) is 0 Å². The van der Waals surface area contributed by atoms with Crippen LogP contribution in [0.1, 0.15) is 6.92 Å². The highest BCUT2D eigenvalue weighted by Gasteiger charge is 1.65. The lowest BCUT2D eigenvalue weighted by molar-refractivity contribution is 0.404. The minimum absolute atomic E-state index is 0.807. The van der Waals surface area contributed by atoms with E-state index >= 15 is 0 Å². The van der Waals surface area contributed by atoms with E-state index in [4.69, 9.17) is 4.18 Å². The molecule has 0 radical (unpaired) electrons. The normalized spacial score (nSPS) is 8.40. The third kappa shape index (κ3) is 4.31. The molecule has 0 aliphatic carbocycles. The van der Waals surface area contributed by atoms with E-state index in [1.165, 1.54) is 12.0 Å². The Balaban J connectivity index is 2.19. The van der Waals surface area contributed by atoms with Crippen molar-refractivity contribution in [3.63, 3.8) is 0 Å². The second-order valence-corrected chi connectivity index (χ2v) is 1.14. The first-order valence-electron chi connectivity index (χ1n) is 1.57. The predicted molar refractivity (Wildman–Crippen MR) is 25.1 cm³/mol. The van der Waals surface area contributed by atoms with Gasteiger partial charge in [0, 0.05) is 6.26 Å². The van der Waals surface area contributed by atoms with E-state index < -0.39 is 0 Å². The van der Waals surface area contributed by atoms with Crippen LogP contribution in [-0.2, 0) is 4.18 Å². The van der Waals surface area contributed by atoms with Gasteiger partial charge in [-0.2, -0.15) is 0 Å². The van der Waals surface area contributed by atoms with Crippen molar-refractivity contribution in [1.29, 1.82) is 0 Å². The summed E-state index contributed by atoms with van der Waals surface area (Å²) in [6.07, 6.45) is 1.91. The topological polar surface area (TPSA) is 9.23 Å². The van der Waals surface area contributed by atoms with Crippen molar-refractivity contribution in [2.75, 3.05) is 12.9 Å². The molecule has 0 aliphatic rings. The van der Waals surface area contributed by atoms with Gasteiger partial charge in [0.1, 0.15) is 0 Å². The molecule has 0 saturated heterocycles. The summed E-state index contributed by atoms with van der Waals surface area (Å²) in [5, 5.41) is 0. The Morgan fingerprint density at radius 3 is 2.40 bits per heavy atom. The number of hydrogen-bond acceptors (Lipinski definition) is 2. The van der Waals surface area contributed by atoms with Crippen LogP contribution < -0.4 is 0 Å². The highest BCUT2D eigenvalue weighted by atomic mass is 32.2. The first-order valence-corrected chi connectivity index (χ1v) is 2.72. The highest BCUT2D eigenvalue weighted by molar-refractivity contribution is 7.93. The standard InChI is InChI=1S/C3H8OS/c1-3-4-5-2/h3H2,1-2H3. The number of hydrogen-bond donors (Lipinski definition) is 0. The van der Waals surface area contributed by atoms with Gasteiger partial charge in [-0.05, 0) is 19.0 Å². The Labute approximate surface area is 36.9 Å². The van der Waals surface area contributed by atoms with Crippen molar-refractivity contribution >= 4 is 12.0 Å². The van der Waals surface area contributed by atoms with Crippen molar-refractivity contribution in [1.82, 2.24) is 0 Å². The zero-order chi connectivity index (χ0) is 4.12. The Morgan fingerprint density at radius 2 is 2.40 bits per heavy atom. The molecule has 0 amide bonds. The average Bonchev–Trinajstić information content (AvgIpc) is 1.41. The Morgan fingerprint density at radius 1 is 1.80 bits per heavy atom. The van der Waals surface area contributed by atoms with Gasteiger partial charge in [0.25, 0.3) is 0 Å². The molecule has 32 valence electrons. The van der Waals surface area contributed by atoms with Crippen LogP contribution in [0.25, 0.3) is 0 Å². The van der Waals surface area contributed by atoms with Crippen LogP contribution >= 0.6 is 12.0 Å². The van der Waals surface area contributed by atoms with E-state index in [0.717, 1.165) is 6.61 Å². The molecule has 0 bridgehead atoms. The third-order valence-electron chi connectivity index (χ3n) is 0.236. The van der Waals surface area contributed by atoms with Crippen LogP contribution in [0.5, 0.6) is 0 Å². The summed E-state index contributed by atoms with van der Waals surface area (Å²) in [5.74, 6) is 0. The summed E-state index contributed by atoms with van der Waals surface area (Å²) in [6.45, 7) is 2.78. The Kier molecular flexibility index (Phi) is 4.58. The molecule has 5 heavy (non-hydrogen) atoms. The molecule has 0 atom stereocenters. The maximum absolute atomic E-state index is 4.75. The van der Waals surface area contributed by atoms with Gasteiger partial charge in [0.05, 0.1) is 6.61 Å². The summed E-state index contributed by atoms with van der Waals surface area (Å²) in [7, 11) is 0. The SMILES string of the molecule is CCOSC. The molecule has 0 aromatic rings. The van der Waals surface area contributed by atoms with Gasteiger partial charge in [-0.25, -0.2) is 0 Å². The monoisotopic (exact) mass is 92.0 g/mol. The Bertz CT molecular complexity index is 14.4. The van der Waals surface area contributed by atoms with Gasteiger partial charge in [0.15, 0.2) is 0 Å². The van der Waals surface area contributed by atoms with Crippen molar-refractivity contribution in [2.24, 2.45) is 0 Å². The summed E-state index contributed by atoms with van der Waals surface area (Å²) in [4.78, 5) is 0. The third-order valence-corrected chi connectivity index (χ3v) is 0.707. The molecule has 2 heteroatoms. The minimum Gasteiger partial charge on any atom is -0.316 e. The zero-order valence-corrected chi connectivity index (χ0v) is 4.34. The predicted octanol–water partition coefficient (Wildman–Crippen LogP) is 1.30. The molecule has 0 heterocycles. The summed E-state index contributed by atoms with van der Waals surface area (Å²) < 4.78 is 4.75. The molecule has 0 unspecified atom stereocenters. The molecule has 0 rings (SSSR count). The molecule has 1 nitrogen and oxygen atoms in total. The first-order chi connectivity index (χ1) is 2.41. The number of rotatable bonds is 2. The average molecular weight is 92.2 g/mol. The van der Waals surface area contributed by atoms with Gasteiger partial charge >= 0.3 is 0 Å². The van der Waals surface area contributed by atoms with E-state index in [1.54, 1.807) is 0 Å². The van der Waals surface area contributed by atoms with Crippen LogP contribution in [0.4, 0.5) is 0 Å². The Hall–Kier alpha value is 0.310. The van der Waals surface area contributed by atoms with Crippen LogP contribution in [0.15, 0.2) is 0 Å². The molecule has 0 aromatic heterocycles. The summed E-state index contributed by atoms with van der Waals surface area (Å²) in [6, 6.07) is 0. The second kappa shape index (κ2) is 4.31. The lowest BCUT2D eigenvalue weighted by Crippen LogP contribution is -1.70. The highest BCUT2D eigenvalue weighted by Crippen LogP contribution is 1.89. The largest absolute Gasteiger partial charge is 0.316 e. The maximum Gasteiger partial charge on any atom is 0.0585 e. The molecule has 0 fully saturated rings. The molecule has 0 spiro atoms. The van der Waals surface area contributed by atoms with Crippen LogP contribution in [-0.4, -0.2) is 12.9 Å². The van der Waals surface area contributed by atoms with Gasteiger partial charge in [-0.3, -0.25) is 0 Å². The van der Waals surface area contributed by atoms with Crippen molar-refractivity contribution < 1.29 is 4.18 Å². The quantitative estimate of drug-likeness (QED) is 0.475. The lowest BCUT2D eigenvalue weighted by Gasteiger charge is -1.84. The van der Waals surface area contributed by atoms with E-state index in [-0.39, 0.29) is 0 Å². The molecular weight excluding hydrogens is 84.1 g/mol. The molecular formula is C3H8OS. The molecule has 0 aliphatic heterocycles. The minimum atomic E-state index is 0.807. The van der Waals surface area contributed by atoms with Crippen LogP contribution in [0.2, 0.25) is 0 Å². The second-order valence-electron chi connectivity index (χ2n) is 0.573. The lowest BCUT2D eigenvalue weighted by atomic mass is 10.9. The van der Waals surface area contributed by atoms with E-state index in [2.05, 4.69) is 0 Å². The summed E-state index contributed by atoms with van der Waals surface area (Å²) >= 11 is 1.40. The van der Waals surface area contributed by atoms with Gasteiger partial charge in [0.2, 0.25) is 0 Å². The van der Waals surface area contributed by atoms with Crippen LogP contribution in [0.3, 0.4) is 0 Å². The molecule has 0 aromatic carbocycles. The molecule has 0 N–H and O–H groups in total. The first kappa shape index (κ1) is 5.31. The van der Waals surface area contributed by atoms with Gasteiger partial charge in [-0.15, -0.1) is 0 Å². The fourth-order valence-corrected chi connectivity index (χ4v) is 0.354. The maximum atomic E-state index is 4.75. The van der Waals surface area contributed by atoms with Crippen molar-refractivity contribution in [3.8, 4) is 0 Å². The smallest absolute Gasteiger partial charge is 0.0585 e. The van der Waals surface area contributed by atoms with E-state index in [9.17, 15) is 0 Å². The summed E-state index contributed by atoms with van der Waals surface area (Å²) in [5.41, 5.74) is 0. The zero-order valence-electron chi connectivity index (χ0n) is 3.52. The van der Waals surface area contributed by atoms with E-state index in [1.807, 2.05) is 13.2 Å². The van der Waals surface area contributed by atoms with Crippen molar-refractivity contribution in [3.05, 3.63) is 0 Å². The van der Waals surface area contributed by atoms with Crippen LogP contribution in [0, 0.1) is 0 Å². The fraction of sp³-hybridized carbons (Fsp3) is 1.00.